The summed E-state index contributed by atoms with van der Waals surface area (Å²) >= 11 is 1.27. The minimum atomic E-state index is -3.91. The Morgan fingerprint density at radius 3 is 2.37 bits per heavy atom. The van der Waals surface area contributed by atoms with E-state index in [9.17, 15) is 18.0 Å². The van der Waals surface area contributed by atoms with Gasteiger partial charge in [0.1, 0.15) is 6.54 Å². The molecule has 35 heavy (non-hydrogen) atoms. The zero-order valence-corrected chi connectivity index (χ0v) is 20.9. The molecule has 1 N–H and O–H groups in total. The molecule has 8 nitrogen and oxygen atoms in total. The molecule has 0 aliphatic heterocycles. The molecule has 3 aromatic carbocycles. The molecule has 4 rings (SSSR count). The highest BCUT2D eigenvalue weighted by Gasteiger charge is 2.19. The number of anilines is 1. The third-order valence-electron chi connectivity index (χ3n) is 5.47. The first-order chi connectivity index (χ1) is 16.7. The maximum absolute atomic E-state index is 13.3. The second kappa shape index (κ2) is 9.85. The van der Waals surface area contributed by atoms with Crippen LogP contribution < -0.4 is 9.52 Å². The normalized spacial score (nSPS) is 12.0. The summed E-state index contributed by atoms with van der Waals surface area (Å²) in [6.07, 6.45) is 0. The van der Waals surface area contributed by atoms with Crippen molar-refractivity contribution in [2.45, 2.75) is 25.3 Å². The average Bonchev–Trinajstić information content (AvgIpc) is 3.15. The fourth-order valence-electron chi connectivity index (χ4n) is 3.46. The van der Waals surface area contributed by atoms with E-state index in [0.717, 1.165) is 21.3 Å². The van der Waals surface area contributed by atoms with Crippen molar-refractivity contribution in [1.82, 2.24) is 4.57 Å². The molecule has 0 radical (unpaired) electrons. The SMILES string of the molecule is COC(=O)Cn1c(=NC(=O)c2ccccc2NS(=O)(=O)c2ccccc2)sc2cc(C)c(C)cc21. The number of aryl methyl sites for hydroxylation is 2. The molecular weight excluding hydrogens is 486 g/mol. The van der Waals surface area contributed by atoms with E-state index in [1.165, 1.54) is 42.7 Å². The summed E-state index contributed by atoms with van der Waals surface area (Å²) in [6.45, 7) is 3.83. The number of rotatable bonds is 6. The second-order valence-electron chi connectivity index (χ2n) is 7.83. The number of carbonyl (C=O) groups is 2. The van der Waals surface area contributed by atoms with Crippen molar-refractivity contribution in [2.24, 2.45) is 4.99 Å². The van der Waals surface area contributed by atoms with E-state index in [1.54, 1.807) is 34.9 Å². The number of benzene rings is 3. The summed E-state index contributed by atoms with van der Waals surface area (Å²) in [7, 11) is -2.61. The fraction of sp³-hybridized carbons (Fsp3) is 0.160. The van der Waals surface area contributed by atoms with E-state index in [1.807, 2.05) is 26.0 Å². The number of fused-ring (bicyclic) bond motifs is 1. The molecule has 0 fully saturated rings. The minimum Gasteiger partial charge on any atom is -0.468 e. The van der Waals surface area contributed by atoms with Crippen molar-refractivity contribution in [3.8, 4) is 0 Å². The highest BCUT2D eigenvalue weighted by atomic mass is 32.2. The van der Waals surface area contributed by atoms with Crippen molar-refractivity contribution in [2.75, 3.05) is 11.8 Å². The zero-order valence-electron chi connectivity index (χ0n) is 19.3. The molecule has 0 saturated carbocycles. The Bertz CT molecular complexity index is 1600. The smallest absolute Gasteiger partial charge is 0.325 e. The first-order valence-electron chi connectivity index (χ1n) is 10.6. The number of methoxy groups -OCH3 is 1. The van der Waals surface area contributed by atoms with Gasteiger partial charge in [0, 0.05) is 0 Å². The number of thiazole rings is 1. The van der Waals surface area contributed by atoms with E-state index < -0.39 is 21.9 Å². The van der Waals surface area contributed by atoms with Crippen LogP contribution in [0.15, 0.2) is 76.6 Å². The van der Waals surface area contributed by atoms with Crippen LogP contribution in [0.25, 0.3) is 10.2 Å². The third-order valence-corrected chi connectivity index (χ3v) is 7.89. The Morgan fingerprint density at radius 1 is 1.00 bits per heavy atom. The van der Waals surface area contributed by atoms with Gasteiger partial charge in [-0.1, -0.05) is 41.7 Å². The van der Waals surface area contributed by atoms with Gasteiger partial charge in [0.25, 0.3) is 15.9 Å². The van der Waals surface area contributed by atoms with Gasteiger partial charge >= 0.3 is 5.97 Å². The predicted octanol–water partition coefficient (Wildman–Crippen LogP) is 4.03. The lowest BCUT2D eigenvalue weighted by atomic mass is 10.1. The Labute approximate surface area is 206 Å². The molecule has 0 saturated heterocycles. The maximum atomic E-state index is 13.3. The number of esters is 1. The third kappa shape index (κ3) is 5.18. The van der Waals surface area contributed by atoms with Crippen LogP contribution in [0.3, 0.4) is 0 Å². The lowest BCUT2D eigenvalue weighted by Crippen LogP contribution is -2.23. The monoisotopic (exact) mass is 509 g/mol. The number of amides is 1. The predicted molar refractivity (Wildman–Crippen MR) is 135 cm³/mol. The molecule has 0 aliphatic carbocycles. The van der Waals surface area contributed by atoms with Gasteiger partial charge < -0.3 is 9.30 Å². The van der Waals surface area contributed by atoms with Gasteiger partial charge in [0.05, 0.1) is 33.5 Å². The van der Waals surface area contributed by atoms with Crippen molar-refractivity contribution < 1.29 is 22.7 Å². The Kier molecular flexibility index (Phi) is 6.86. The highest BCUT2D eigenvalue weighted by molar-refractivity contribution is 7.92. The van der Waals surface area contributed by atoms with E-state index in [4.69, 9.17) is 4.74 Å². The van der Waals surface area contributed by atoms with Gasteiger partial charge in [0.2, 0.25) is 0 Å². The van der Waals surface area contributed by atoms with Gasteiger partial charge in [-0.25, -0.2) is 8.42 Å². The van der Waals surface area contributed by atoms with Gasteiger partial charge in [-0.3, -0.25) is 14.3 Å². The Hall–Kier alpha value is -3.76. The van der Waals surface area contributed by atoms with Crippen LogP contribution in [0.5, 0.6) is 0 Å². The van der Waals surface area contributed by atoms with Crippen LogP contribution in [0.4, 0.5) is 5.69 Å². The molecule has 0 unspecified atom stereocenters. The van der Waals surface area contributed by atoms with E-state index in [-0.39, 0.29) is 22.7 Å². The van der Waals surface area contributed by atoms with Crippen LogP contribution in [0.1, 0.15) is 21.5 Å². The molecule has 0 atom stereocenters. The minimum absolute atomic E-state index is 0.0744. The van der Waals surface area contributed by atoms with Gasteiger partial charge in [0.15, 0.2) is 4.80 Å². The Balaban J connectivity index is 1.79. The zero-order chi connectivity index (χ0) is 25.2. The molecule has 10 heteroatoms. The summed E-state index contributed by atoms with van der Waals surface area (Å²) in [5.41, 5.74) is 3.06. The van der Waals surface area contributed by atoms with Crippen LogP contribution in [-0.4, -0.2) is 32.0 Å². The summed E-state index contributed by atoms with van der Waals surface area (Å²) in [6, 6.07) is 18.1. The highest BCUT2D eigenvalue weighted by Crippen LogP contribution is 2.24. The molecule has 0 aliphatic rings. The molecule has 0 spiro atoms. The number of nitrogens with zero attached hydrogens (tertiary/aromatic N) is 2. The van der Waals surface area contributed by atoms with E-state index >= 15 is 0 Å². The first-order valence-corrected chi connectivity index (χ1v) is 12.9. The molecule has 1 heterocycles. The molecule has 0 bridgehead atoms. The summed E-state index contributed by atoms with van der Waals surface area (Å²) in [5.74, 6) is -1.12. The first kappa shape index (κ1) is 24.4. The summed E-state index contributed by atoms with van der Waals surface area (Å²) < 4.78 is 35.4. The number of para-hydroxylation sites is 1. The van der Waals surface area contributed by atoms with Crippen LogP contribution in [0.2, 0.25) is 0 Å². The van der Waals surface area contributed by atoms with Gasteiger partial charge in [-0.05, 0) is 61.4 Å². The maximum Gasteiger partial charge on any atom is 0.325 e. The van der Waals surface area contributed by atoms with Crippen LogP contribution in [0, 0.1) is 13.8 Å². The second-order valence-corrected chi connectivity index (χ2v) is 10.5. The average molecular weight is 510 g/mol. The standard InChI is InChI=1S/C25H23N3O5S2/c1-16-13-21-22(14-17(16)2)34-25(28(21)15-23(29)33-3)26-24(30)19-11-7-8-12-20(19)27-35(31,32)18-9-5-4-6-10-18/h4-14,27H,15H2,1-3H3. The van der Waals surface area contributed by atoms with E-state index in [2.05, 4.69) is 9.71 Å². The molecular formula is C25H23N3O5S2. The largest absolute Gasteiger partial charge is 0.468 e. The molecule has 1 aromatic heterocycles. The number of carbonyl (C=O) groups excluding carboxylic acids is 2. The molecule has 4 aromatic rings. The number of sulfonamides is 1. The number of hydrogen-bond acceptors (Lipinski definition) is 6. The number of ether oxygens (including phenoxy) is 1. The quantitative estimate of drug-likeness (QED) is 0.395. The van der Waals surface area contributed by atoms with Crippen LogP contribution >= 0.6 is 11.3 Å². The number of nitrogens with one attached hydrogen (secondary N) is 1. The van der Waals surface area contributed by atoms with Gasteiger partial charge in [-0.2, -0.15) is 4.99 Å². The van der Waals surface area contributed by atoms with Gasteiger partial charge in [-0.15, -0.1) is 0 Å². The number of hydrogen-bond donors (Lipinski definition) is 1. The van der Waals surface area contributed by atoms with Crippen molar-refractivity contribution in [1.29, 1.82) is 0 Å². The van der Waals surface area contributed by atoms with E-state index in [0.29, 0.717) is 4.80 Å². The Morgan fingerprint density at radius 2 is 1.66 bits per heavy atom. The van der Waals surface area contributed by atoms with Crippen molar-refractivity contribution in [3.05, 3.63) is 88.2 Å². The fourth-order valence-corrected chi connectivity index (χ4v) is 5.67. The lowest BCUT2D eigenvalue weighted by molar-refractivity contribution is -0.141. The van der Waals surface area contributed by atoms with Crippen molar-refractivity contribution >= 4 is 49.1 Å². The molecule has 1 amide bonds. The summed E-state index contributed by atoms with van der Waals surface area (Å²) in [4.78, 5) is 30.0. The number of aromatic nitrogens is 1. The van der Waals surface area contributed by atoms with Crippen molar-refractivity contribution in [3.63, 3.8) is 0 Å². The lowest BCUT2D eigenvalue weighted by Gasteiger charge is -2.11. The topological polar surface area (TPSA) is 107 Å². The van der Waals surface area contributed by atoms with Crippen LogP contribution in [-0.2, 0) is 26.1 Å². The molecule has 180 valence electrons. The summed E-state index contributed by atoms with van der Waals surface area (Å²) in [5, 5.41) is 0.